The standard InChI is InChI=1S/C13H18N4O/c1-3-16(4-2)12(18)9-17-8-6-10-11(17)5-7-15-13(10)14/h5-8H,3-4,9H2,1-2H3,(H2,14,15). The number of carbonyl (C=O) groups excluding carboxylic acids is 1. The molecule has 2 aromatic heterocycles. The molecule has 0 spiro atoms. The number of amides is 1. The maximum absolute atomic E-state index is 12.1. The second-order valence-electron chi connectivity index (χ2n) is 4.14. The van der Waals surface area contributed by atoms with E-state index >= 15 is 0 Å². The number of nitrogens with zero attached hydrogens (tertiary/aromatic N) is 3. The Morgan fingerprint density at radius 1 is 1.39 bits per heavy atom. The highest BCUT2D eigenvalue weighted by atomic mass is 16.2. The fourth-order valence-corrected chi connectivity index (χ4v) is 2.10. The van der Waals surface area contributed by atoms with E-state index in [9.17, 15) is 4.79 Å². The Balaban J connectivity index is 2.27. The average molecular weight is 246 g/mol. The van der Waals surface area contributed by atoms with Gasteiger partial charge >= 0.3 is 0 Å². The van der Waals surface area contributed by atoms with Crippen molar-refractivity contribution < 1.29 is 4.79 Å². The lowest BCUT2D eigenvalue weighted by molar-refractivity contribution is -0.131. The molecule has 2 heterocycles. The normalized spacial score (nSPS) is 10.8. The van der Waals surface area contributed by atoms with Crippen molar-refractivity contribution in [2.45, 2.75) is 20.4 Å². The molecule has 0 unspecified atom stereocenters. The zero-order valence-electron chi connectivity index (χ0n) is 10.8. The van der Waals surface area contributed by atoms with E-state index in [0.717, 1.165) is 24.0 Å². The minimum absolute atomic E-state index is 0.118. The van der Waals surface area contributed by atoms with E-state index < -0.39 is 0 Å². The highest BCUT2D eigenvalue weighted by molar-refractivity contribution is 5.90. The summed E-state index contributed by atoms with van der Waals surface area (Å²) in [6.07, 6.45) is 3.54. The number of carbonyl (C=O) groups is 1. The molecule has 0 aliphatic rings. The molecule has 0 fully saturated rings. The number of anilines is 1. The van der Waals surface area contributed by atoms with Gasteiger partial charge in [-0.05, 0) is 26.0 Å². The zero-order valence-corrected chi connectivity index (χ0v) is 10.8. The van der Waals surface area contributed by atoms with Crippen LogP contribution in [0, 0.1) is 0 Å². The zero-order chi connectivity index (χ0) is 13.1. The van der Waals surface area contributed by atoms with Crippen LogP contribution >= 0.6 is 0 Å². The Hall–Kier alpha value is -2.04. The Kier molecular flexibility index (Phi) is 3.50. The molecule has 0 aliphatic heterocycles. The van der Waals surface area contributed by atoms with Crippen LogP contribution in [-0.4, -0.2) is 33.4 Å². The Morgan fingerprint density at radius 2 is 2.11 bits per heavy atom. The monoisotopic (exact) mass is 246 g/mol. The maximum Gasteiger partial charge on any atom is 0.242 e. The van der Waals surface area contributed by atoms with Crippen LogP contribution in [0.5, 0.6) is 0 Å². The first-order valence-corrected chi connectivity index (χ1v) is 6.14. The number of likely N-dealkylation sites (N-methyl/N-ethyl adjacent to an activating group) is 1. The average Bonchev–Trinajstić information content (AvgIpc) is 2.76. The third-order valence-electron chi connectivity index (χ3n) is 3.15. The summed E-state index contributed by atoms with van der Waals surface area (Å²) in [5, 5.41) is 0.893. The smallest absolute Gasteiger partial charge is 0.242 e. The van der Waals surface area contributed by atoms with Gasteiger partial charge in [-0.25, -0.2) is 4.98 Å². The van der Waals surface area contributed by atoms with Gasteiger partial charge in [-0.2, -0.15) is 0 Å². The second-order valence-corrected chi connectivity index (χ2v) is 4.14. The molecule has 5 heteroatoms. The van der Waals surface area contributed by atoms with Gasteiger partial charge in [0.25, 0.3) is 0 Å². The summed E-state index contributed by atoms with van der Waals surface area (Å²) in [7, 11) is 0. The van der Waals surface area contributed by atoms with Gasteiger partial charge in [-0.3, -0.25) is 4.79 Å². The molecule has 0 atom stereocenters. The number of aromatic nitrogens is 2. The van der Waals surface area contributed by atoms with E-state index in [0.29, 0.717) is 12.4 Å². The van der Waals surface area contributed by atoms with Gasteiger partial charge in [0, 0.05) is 30.9 Å². The number of hydrogen-bond donors (Lipinski definition) is 1. The Labute approximate surface area is 106 Å². The first-order valence-electron chi connectivity index (χ1n) is 6.14. The lowest BCUT2D eigenvalue weighted by Gasteiger charge is -2.19. The molecule has 0 aliphatic carbocycles. The molecule has 5 nitrogen and oxygen atoms in total. The fourth-order valence-electron chi connectivity index (χ4n) is 2.10. The van der Waals surface area contributed by atoms with Gasteiger partial charge < -0.3 is 15.2 Å². The third kappa shape index (κ3) is 2.16. The molecule has 0 saturated heterocycles. The van der Waals surface area contributed by atoms with Crippen molar-refractivity contribution in [3.63, 3.8) is 0 Å². The SMILES string of the molecule is CCN(CC)C(=O)Cn1ccc2c(N)nccc21. The van der Waals surface area contributed by atoms with Crippen LogP contribution in [-0.2, 0) is 11.3 Å². The van der Waals surface area contributed by atoms with Crippen molar-refractivity contribution in [3.8, 4) is 0 Å². The van der Waals surface area contributed by atoms with Gasteiger partial charge in [-0.1, -0.05) is 0 Å². The minimum Gasteiger partial charge on any atom is -0.383 e. The van der Waals surface area contributed by atoms with Crippen LogP contribution in [0.2, 0.25) is 0 Å². The van der Waals surface area contributed by atoms with E-state index in [1.54, 1.807) is 6.20 Å². The first kappa shape index (κ1) is 12.4. The van der Waals surface area contributed by atoms with Gasteiger partial charge in [-0.15, -0.1) is 0 Å². The summed E-state index contributed by atoms with van der Waals surface area (Å²) in [6, 6.07) is 3.77. The second kappa shape index (κ2) is 5.08. The number of rotatable bonds is 4. The highest BCUT2D eigenvalue weighted by Gasteiger charge is 2.12. The summed E-state index contributed by atoms with van der Waals surface area (Å²) in [5.41, 5.74) is 6.74. The van der Waals surface area contributed by atoms with E-state index in [1.165, 1.54) is 0 Å². The van der Waals surface area contributed by atoms with E-state index in [4.69, 9.17) is 5.73 Å². The summed E-state index contributed by atoms with van der Waals surface area (Å²) in [6.45, 7) is 5.78. The molecule has 0 aromatic carbocycles. The lowest BCUT2D eigenvalue weighted by Crippen LogP contribution is -2.33. The predicted molar refractivity (Wildman–Crippen MR) is 72.1 cm³/mol. The maximum atomic E-state index is 12.1. The summed E-state index contributed by atoms with van der Waals surface area (Å²) >= 11 is 0. The number of nitrogen functional groups attached to an aromatic ring is 1. The fraction of sp³-hybridized carbons (Fsp3) is 0.385. The lowest BCUT2D eigenvalue weighted by atomic mass is 10.3. The van der Waals surface area contributed by atoms with Crippen LogP contribution in [0.1, 0.15) is 13.8 Å². The topological polar surface area (TPSA) is 64.2 Å². The van der Waals surface area contributed by atoms with E-state index in [1.807, 2.05) is 41.6 Å². The van der Waals surface area contributed by atoms with Crippen LogP contribution in [0.25, 0.3) is 10.9 Å². The highest BCUT2D eigenvalue weighted by Crippen LogP contribution is 2.19. The van der Waals surface area contributed by atoms with Crippen molar-refractivity contribution in [2.24, 2.45) is 0 Å². The summed E-state index contributed by atoms with van der Waals surface area (Å²) < 4.78 is 1.91. The molecule has 0 bridgehead atoms. The van der Waals surface area contributed by atoms with E-state index in [2.05, 4.69) is 4.98 Å². The first-order chi connectivity index (χ1) is 8.67. The van der Waals surface area contributed by atoms with Gasteiger partial charge in [0.2, 0.25) is 5.91 Å². The molecule has 1 amide bonds. The molecular formula is C13H18N4O. The molecular weight excluding hydrogens is 228 g/mol. The van der Waals surface area contributed by atoms with Crippen LogP contribution < -0.4 is 5.73 Å². The summed E-state index contributed by atoms with van der Waals surface area (Å²) in [5.74, 6) is 0.620. The largest absolute Gasteiger partial charge is 0.383 e. The van der Waals surface area contributed by atoms with Crippen molar-refractivity contribution in [1.29, 1.82) is 0 Å². The molecule has 0 saturated carbocycles. The number of nitrogens with two attached hydrogens (primary N) is 1. The van der Waals surface area contributed by atoms with Crippen molar-refractivity contribution in [1.82, 2.24) is 14.5 Å². The number of hydrogen-bond acceptors (Lipinski definition) is 3. The van der Waals surface area contributed by atoms with Crippen molar-refractivity contribution >= 4 is 22.6 Å². The van der Waals surface area contributed by atoms with Crippen molar-refractivity contribution in [3.05, 3.63) is 24.5 Å². The molecule has 0 radical (unpaired) electrons. The Bertz CT molecular complexity index is 557. The number of fused-ring (bicyclic) bond motifs is 1. The summed E-state index contributed by atoms with van der Waals surface area (Å²) in [4.78, 5) is 17.9. The third-order valence-corrected chi connectivity index (χ3v) is 3.15. The van der Waals surface area contributed by atoms with Crippen LogP contribution in [0.3, 0.4) is 0 Å². The van der Waals surface area contributed by atoms with Gasteiger partial charge in [0.05, 0.1) is 5.52 Å². The van der Waals surface area contributed by atoms with Crippen molar-refractivity contribution in [2.75, 3.05) is 18.8 Å². The molecule has 18 heavy (non-hydrogen) atoms. The molecule has 2 aromatic rings. The molecule has 2 N–H and O–H groups in total. The number of pyridine rings is 1. The minimum atomic E-state index is 0.118. The quantitative estimate of drug-likeness (QED) is 0.888. The van der Waals surface area contributed by atoms with Crippen LogP contribution in [0.15, 0.2) is 24.5 Å². The predicted octanol–water partition coefficient (Wildman–Crippen LogP) is 1.49. The Morgan fingerprint density at radius 3 is 2.78 bits per heavy atom. The van der Waals surface area contributed by atoms with E-state index in [-0.39, 0.29) is 5.91 Å². The van der Waals surface area contributed by atoms with Crippen LogP contribution in [0.4, 0.5) is 5.82 Å². The molecule has 96 valence electrons. The van der Waals surface area contributed by atoms with Gasteiger partial charge in [0.15, 0.2) is 0 Å². The van der Waals surface area contributed by atoms with Gasteiger partial charge in [0.1, 0.15) is 12.4 Å². The molecule has 2 rings (SSSR count).